The molecular weight excluding hydrogens is 355 g/mol. The Morgan fingerprint density at radius 1 is 1.26 bits per heavy atom. The van der Waals surface area contributed by atoms with Gasteiger partial charge in [-0.2, -0.15) is 0 Å². The van der Waals surface area contributed by atoms with E-state index in [1.54, 1.807) is 4.57 Å². The van der Waals surface area contributed by atoms with E-state index in [0.29, 0.717) is 31.4 Å². The molecule has 0 radical (unpaired) electrons. The van der Waals surface area contributed by atoms with Crippen LogP contribution in [0.1, 0.15) is 42.1 Å². The Balaban J connectivity index is 2.00. The van der Waals surface area contributed by atoms with Gasteiger partial charge in [0.15, 0.2) is 11.6 Å². The van der Waals surface area contributed by atoms with Gasteiger partial charge in [-0.05, 0) is 31.7 Å². The van der Waals surface area contributed by atoms with Crippen LogP contribution in [0.3, 0.4) is 0 Å². The first-order chi connectivity index (χ1) is 12.9. The van der Waals surface area contributed by atoms with Crippen LogP contribution in [-0.4, -0.2) is 47.1 Å². The molecule has 0 spiro atoms. The molecule has 0 atom stereocenters. The van der Waals surface area contributed by atoms with Crippen LogP contribution in [-0.2, 0) is 0 Å². The van der Waals surface area contributed by atoms with Crippen LogP contribution in [0, 0.1) is 5.82 Å². The number of ether oxygens (including phenoxy) is 1. The molecule has 2 aliphatic rings. The fourth-order valence-corrected chi connectivity index (χ4v) is 3.81. The number of piperidine rings is 1. The number of carboxylic acids is 1. The van der Waals surface area contributed by atoms with E-state index in [4.69, 9.17) is 4.74 Å². The molecule has 1 aromatic carbocycles. The molecule has 1 aliphatic carbocycles. The number of hydrogen-bond donors (Lipinski definition) is 2. The van der Waals surface area contributed by atoms with E-state index < -0.39 is 23.3 Å². The van der Waals surface area contributed by atoms with E-state index in [1.807, 2.05) is 4.90 Å². The Bertz CT molecular complexity index is 974. The maximum Gasteiger partial charge on any atom is 0.341 e. The molecule has 0 unspecified atom stereocenters. The Kier molecular flexibility index (Phi) is 4.30. The van der Waals surface area contributed by atoms with Gasteiger partial charge in [-0.15, -0.1) is 0 Å². The zero-order chi connectivity index (χ0) is 19.3. The van der Waals surface area contributed by atoms with Crippen molar-refractivity contribution in [2.45, 2.75) is 37.8 Å². The summed E-state index contributed by atoms with van der Waals surface area (Å²) in [6.07, 6.45) is 3.71. The fraction of sp³-hybridized carbons (Fsp3) is 0.474. The molecule has 2 N–H and O–H groups in total. The van der Waals surface area contributed by atoms with Crippen LogP contribution in [0.5, 0.6) is 5.75 Å². The SMILES string of the molecule is COc1c(N2CCC(O)CC2)c(F)cc2c(=O)c(C(=O)O)cn(C3CC3)c12. The summed E-state index contributed by atoms with van der Waals surface area (Å²) < 4.78 is 22.3. The van der Waals surface area contributed by atoms with Crippen molar-refractivity contribution in [2.75, 3.05) is 25.1 Å². The molecule has 0 amide bonds. The number of nitrogens with zero attached hydrogens (tertiary/aromatic N) is 2. The van der Waals surface area contributed by atoms with Crippen LogP contribution < -0.4 is 15.1 Å². The lowest BCUT2D eigenvalue weighted by Gasteiger charge is -2.33. The van der Waals surface area contributed by atoms with E-state index in [1.165, 1.54) is 13.3 Å². The summed E-state index contributed by atoms with van der Waals surface area (Å²) in [4.78, 5) is 25.9. The zero-order valence-electron chi connectivity index (χ0n) is 14.9. The quantitative estimate of drug-likeness (QED) is 0.850. The first-order valence-corrected chi connectivity index (χ1v) is 9.04. The number of hydrogen-bond acceptors (Lipinski definition) is 5. The Hall–Kier alpha value is -2.61. The molecule has 2 heterocycles. The van der Waals surface area contributed by atoms with Crippen LogP contribution >= 0.6 is 0 Å². The number of methoxy groups -OCH3 is 1. The Morgan fingerprint density at radius 2 is 1.93 bits per heavy atom. The summed E-state index contributed by atoms with van der Waals surface area (Å²) in [5.74, 6) is -1.72. The summed E-state index contributed by atoms with van der Waals surface area (Å²) >= 11 is 0. The van der Waals surface area contributed by atoms with Crippen molar-refractivity contribution in [3.8, 4) is 5.75 Å². The molecule has 144 valence electrons. The number of aromatic carboxylic acids is 1. The van der Waals surface area contributed by atoms with Crippen LogP contribution in [0.15, 0.2) is 17.1 Å². The lowest BCUT2D eigenvalue weighted by atomic mass is 10.0. The van der Waals surface area contributed by atoms with Crippen molar-refractivity contribution >= 4 is 22.6 Å². The Morgan fingerprint density at radius 3 is 2.48 bits per heavy atom. The van der Waals surface area contributed by atoms with Gasteiger partial charge in [0.05, 0.1) is 24.1 Å². The van der Waals surface area contributed by atoms with Crippen LogP contribution in [0.2, 0.25) is 0 Å². The third-order valence-corrected chi connectivity index (χ3v) is 5.35. The standard InChI is InChI=1S/C19H21FN2O5/c1-27-18-15-12(8-14(20)16(18)21-6-4-11(23)5-7-21)17(24)13(19(25)26)9-22(15)10-2-3-10/h8-11,23H,2-7H2,1H3,(H,25,26). The summed E-state index contributed by atoms with van der Waals surface area (Å²) in [7, 11) is 1.42. The number of carbonyl (C=O) groups is 1. The minimum atomic E-state index is -1.33. The average Bonchev–Trinajstić information content (AvgIpc) is 3.47. The predicted molar refractivity (Wildman–Crippen MR) is 97.4 cm³/mol. The minimum absolute atomic E-state index is 0.0111. The van der Waals surface area contributed by atoms with Gasteiger partial charge in [0, 0.05) is 25.3 Å². The lowest BCUT2D eigenvalue weighted by Crippen LogP contribution is -2.36. The second-order valence-corrected chi connectivity index (χ2v) is 7.17. The number of halogens is 1. The molecule has 2 aromatic rings. The molecule has 0 bridgehead atoms. The number of benzene rings is 1. The number of anilines is 1. The number of carboxylic acid groups (broad SMARTS) is 1. The minimum Gasteiger partial charge on any atom is -0.492 e. The number of rotatable bonds is 4. The molecule has 8 heteroatoms. The molecule has 1 saturated heterocycles. The summed E-state index contributed by atoms with van der Waals surface area (Å²) in [6.45, 7) is 0.946. The fourth-order valence-electron chi connectivity index (χ4n) is 3.81. The molecule has 1 aromatic heterocycles. The van der Waals surface area contributed by atoms with Gasteiger partial charge in [-0.3, -0.25) is 4.79 Å². The third kappa shape index (κ3) is 2.93. The van der Waals surface area contributed by atoms with Gasteiger partial charge < -0.3 is 24.4 Å². The average molecular weight is 376 g/mol. The van der Waals surface area contributed by atoms with Gasteiger partial charge >= 0.3 is 5.97 Å². The molecule has 7 nitrogen and oxygen atoms in total. The van der Waals surface area contributed by atoms with Crippen molar-refractivity contribution < 1.29 is 24.1 Å². The summed E-state index contributed by atoms with van der Waals surface area (Å²) in [5, 5.41) is 19.1. The number of aliphatic hydroxyl groups is 1. The van der Waals surface area contributed by atoms with Crippen molar-refractivity contribution in [1.29, 1.82) is 0 Å². The van der Waals surface area contributed by atoms with Crippen LogP contribution in [0.25, 0.3) is 10.9 Å². The maximum atomic E-state index is 15.0. The number of aromatic nitrogens is 1. The van der Waals surface area contributed by atoms with E-state index >= 15 is 4.39 Å². The highest BCUT2D eigenvalue weighted by molar-refractivity contribution is 5.97. The zero-order valence-corrected chi connectivity index (χ0v) is 14.9. The topological polar surface area (TPSA) is 92.0 Å². The van der Waals surface area contributed by atoms with Crippen molar-refractivity contribution in [3.05, 3.63) is 33.9 Å². The van der Waals surface area contributed by atoms with Crippen molar-refractivity contribution in [2.24, 2.45) is 0 Å². The molecule has 4 rings (SSSR count). The van der Waals surface area contributed by atoms with Gasteiger partial charge in [0.2, 0.25) is 5.43 Å². The van der Waals surface area contributed by atoms with E-state index in [-0.39, 0.29) is 28.4 Å². The van der Waals surface area contributed by atoms with Crippen LogP contribution in [0.4, 0.5) is 10.1 Å². The highest BCUT2D eigenvalue weighted by atomic mass is 19.1. The highest BCUT2D eigenvalue weighted by Crippen LogP contribution is 2.44. The third-order valence-electron chi connectivity index (χ3n) is 5.35. The molecule has 2 fully saturated rings. The first kappa shape index (κ1) is 17.8. The number of pyridine rings is 1. The second kappa shape index (κ2) is 6.53. The highest BCUT2D eigenvalue weighted by Gasteiger charge is 2.32. The molecule has 27 heavy (non-hydrogen) atoms. The molecule has 1 saturated carbocycles. The van der Waals surface area contributed by atoms with E-state index in [9.17, 15) is 19.8 Å². The monoisotopic (exact) mass is 376 g/mol. The number of fused-ring (bicyclic) bond motifs is 1. The smallest absolute Gasteiger partial charge is 0.341 e. The maximum absolute atomic E-state index is 15.0. The first-order valence-electron chi connectivity index (χ1n) is 9.04. The number of aliphatic hydroxyl groups excluding tert-OH is 1. The van der Waals surface area contributed by atoms with E-state index in [0.717, 1.165) is 18.9 Å². The van der Waals surface area contributed by atoms with Gasteiger partial charge in [0.1, 0.15) is 11.3 Å². The van der Waals surface area contributed by atoms with Gasteiger partial charge in [0.25, 0.3) is 0 Å². The summed E-state index contributed by atoms with van der Waals surface area (Å²) in [5.41, 5.74) is -0.400. The Labute approximate surface area is 154 Å². The van der Waals surface area contributed by atoms with Crippen molar-refractivity contribution in [1.82, 2.24) is 4.57 Å². The van der Waals surface area contributed by atoms with Crippen molar-refractivity contribution in [3.63, 3.8) is 0 Å². The second-order valence-electron chi connectivity index (χ2n) is 7.17. The van der Waals surface area contributed by atoms with Gasteiger partial charge in [-0.25, -0.2) is 9.18 Å². The molecule has 1 aliphatic heterocycles. The largest absolute Gasteiger partial charge is 0.492 e. The predicted octanol–water partition coefficient (Wildman–Crippen LogP) is 2.14. The summed E-state index contributed by atoms with van der Waals surface area (Å²) in [6, 6.07) is 1.19. The lowest BCUT2D eigenvalue weighted by molar-refractivity contribution is 0.0694. The normalized spacial score (nSPS) is 18.1. The van der Waals surface area contributed by atoms with Gasteiger partial charge in [-0.1, -0.05) is 0 Å². The molecular formula is C19H21FN2O5. The van der Waals surface area contributed by atoms with E-state index in [2.05, 4.69) is 0 Å².